The Hall–Kier alpha value is -3.06. The molecule has 0 saturated carbocycles. The molecule has 0 bridgehead atoms. The third-order valence-corrected chi connectivity index (χ3v) is 4.69. The number of hydrogen-bond acceptors (Lipinski definition) is 5. The summed E-state index contributed by atoms with van der Waals surface area (Å²) in [7, 11) is 5.51. The second-order valence-electron chi connectivity index (χ2n) is 7.08. The fourth-order valence-electron chi connectivity index (χ4n) is 3.01. The van der Waals surface area contributed by atoms with Crippen molar-refractivity contribution in [3.63, 3.8) is 0 Å². The number of carbonyl (C=O) groups excluding carboxylic acids is 1. The van der Waals surface area contributed by atoms with Crippen LogP contribution in [0.4, 0.5) is 11.4 Å². The topological polar surface area (TPSA) is 75.2 Å². The van der Waals surface area contributed by atoms with Gasteiger partial charge >= 0.3 is 0 Å². The molecule has 3 rings (SSSR count). The fourth-order valence-corrected chi connectivity index (χ4v) is 3.01. The van der Waals surface area contributed by atoms with Gasteiger partial charge in [0.15, 0.2) is 0 Å². The predicted molar refractivity (Wildman–Crippen MR) is 116 cm³/mol. The minimum Gasteiger partial charge on any atom is -0.497 e. The summed E-state index contributed by atoms with van der Waals surface area (Å²) in [5.74, 6) is 0.935. The molecule has 2 aromatic rings. The summed E-state index contributed by atoms with van der Waals surface area (Å²) in [5.41, 5.74) is 2.33. The first-order valence-corrected chi connectivity index (χ1v) is 9.71. The van der Waals surface area contributed by atoms with Crippen LogP contribution in [0, 0.1) is 0 Å². The lowest BCUT2D eigenvalue weighted by Crippen LogP contribution is -2.36. The zero-order valence-electron chi connectivity index (χ0n) is 17.1. The van der Waals surface area contributed by atoms with Gasteiger partial charge in [-0.3, -0.25) is 10.1 Å². The molecular formula is C22H28N4O3. The normalized spacial score (nSPS) is 16.4. The number of nitrogens with one attached hydrogen (secondary N) is 2. The number of anilines is 2. The molecule has 0 unspecified atom stereocenters. The number of benzene rings is 2. The van der Waals surface area contributed by atoms with Crippen molar-refractivity contribution in [3.8, 4) is 5.75 Å². The lowest BCUT2D eigenvalue weighted by Gasteiger charge is -2.15. The molecule has 1 atom stereocenters. The highest BCUT2D eigenvalue weighted by Crippen LogP contribution is 2.16. The third kappa shape index (κ3) is 5.96. The minimum atomic E-state index is -0.221. The van der Waals surface area contributed by atoms with Crippen molar-refractivity contribution in [2.75, 3.05) is 44.6 Å². The molecule has 1 fully saturated rings. The quantitative estimate of drug-likeness (QED) is 0.580. The highest BCUT2D eigenvalue weighted by Gasteiger charge is 2.16. The molecule has 0 aliphatic carbocycles. The second kappa shape index (κ2) is 9.93. The highest BCUT2D eigenvalue weighted by atomic mass is 16.5. The summed E-state index contributed by atoms with van der Waals surface area (Å²) >= 11 is 0. The Morgan fingerprint density at radius 3 is 2.69 bits per heavy atom. The molecule has 2 N–H and O–H groups in total. The van der Waals surface area contributed by atoms with E-state index in [9.17, 15) is 4.79 Å². The maximum atomic E-state index is 12.8. The Balaban J connectivity index is 1.75. The molecular weight excluding hydrogens is 368 g/mol. The molecule has 0 aromatic heterocycles. The van der Waals surface area contributed by atoms with Gasteiger partial charge in [-0.15, -0.1) is 0 Å². The van der Waals surface area contributed by atoms with Gasteiger partial charge in [0, 0.05) is 37.6 Å². The number of guanidine groups is 1. The van der Waals surface area contributed by atoms with Gasteiger partial charge < -0.3 is 19.7 Å². The van der Waals surface area contributed by atoms with Gasteiger partial charge in [0.2, 0.25) is 5.96 Å². The number of carbonyl (C=O) groups is 1. The van der Waals surface area contributed by atoms with E-state index >= 15 is 0 Å². The van der Waals surface area contributed by atoms with Crippen LogP contribution in [0.25, 0.3) is 0 Å². The maximum absolute atomic E-state index is 12.8. The van der Waals surface area contributed by atoms with Gasteiger partial charge in [-0.2, -0.15) is 0 Å². The summed E-state index contributed by atoms with van der Waals surface area (Å²) in [6.07, 6.45) is 2.13. The van der Waals surface area contributed by atoms with Crippen LogP contribution in [0.3, 0.4) is 0 Å². The molecule has 1 aliphatic heterocycles. The van der Waals surface area contributed by atoms with Crippen molar-refractivity contribution in [3.05, 3.63) is 54.1 Å². The number of amides is 1. The van der Waals surface area contributed by atoms with Crippen molar-refractivity contribution in [1.29, 1.82) is 0 Å². The number of methoxy groups -OCH3 is 1. The summed E-state index contributed by atoms with van der Waals surface area (Å²) in [6, 6.07) is 14.9. The van der Waals surface area contributed by atoms with E-state index in [0.29, 0.717) is 18.1 Å². The largest absolute Gasteiger partial charge is 0.497 e. The van der Waals surface area contributed by atoms with E-state index in [4.69, 9.17) is 9.47 Å². The lowest BCUT2D eigenvalue weighted by atomic mass is 10.2. The Labute approximate surface area is 171 Å². The maximum Gasteiger partial charge on any atom is 0.258 e. The van der Waals surface area contributed by atoms with Crippen molar-refractivity contribution in [1.82, 2.24) is 5.32 Å². The van der Waals surface area contributed by atoms with Crippen molar-refractivity contribution >= 4 is 23.2 Å². The van der Waals surface area contributed by atoms with E-state index < -0.39 is 0 Å². The lowest BCUT2D eigenvalue weighted by molar-refractivity contribution is 0.0975. The van der Waals surface area contributed by atoms with Crippen LogP contribution in [0.1, 0.15) is 23.2 Å². The van der Waals surface area contributed by atoms with Crippen LogP contribution in [-0.2, 0) is 4.74 Å². The molecule has 29 heavy (non-hydrogen) atoms. The molecule has 7 nitrogen and oxygen atoms in total. The monoisotopic (exact) mass is 396 g/mol. The molecule has 0 radical (unpaired) electrons. The molecule has 1 saturated heterocycles. The van der Waals surface area contributed by atoms with E-state index in [1.54, 1.807) is 13.2 Å². The van der Waals surface area contributed by atoms with Gasteiger partial charge in [-0.1, -0.05) is 6.07 Å². The average molecular weight is 396 g/mol. The van der Waals surface area contributed by atoms with Crippen LogP contribution in [0.15, 0.2) is 53.5 Å². The van der Waals surface area contributed by atoms with Gasteiger partial charge in [0.05, 0.1) is 19.8 Å². The predicted octanol–water partition coefficient (Wildman–Crippen LogP) is 3.14. The Morgan fingerprint density at radius 2 is 2.03 bits per heavy atom. The molecule has 0 spiro atoms. The van der Waals surface area contributed by atoms with E-state index in [1.807, 2.05) is 61.5 Å². The van der Waals surface area contributed by atoms with Crippen molar-refractivity contribution in [2.45, 2.75) is 18.9 Å². The highest BCUT2D eigenvalue weighted by molar-refractivity contribution is 6.10. The Morgan fingerprint density at radius 1 is 1.24 bits per heavy atom. The Bertz CT molecular complexity index is 843. The van der Waals surface area contributed by atoms with Crippen molar-refractivity contribution in [2.24, 2.45) is 4.99 Å². The Kier molecular flexibility index (Phi) is 7.08. The van der Waals surface area contributed by atoms with Gasteiger partial charge in [0.1, 0.15) is 5.75 Å². The zero-order valence-corrected chi connectivity index (χ0v) is 17.1. The SMILES string of the molecule is COc1ccc(NC(=NC[C@@H]2CCCO2)NC(=O)c2cccc(N(C)C)c2)cc1. The van der Waals surface area contributed by atoms with E-state index in [-0.39, 0.29) is 12.0 Å². The average Bonchev–Trinajstić information content (AvgIpc) is 3.26. The number of hydrogen-bond donors (Lipinski definition) is 2. The van der Waals surface area contributed by atoms with E-state index in [1.165, 1.54) is 0 Å². The van der Waals surface area contributed by atoms with E-state index in [0.717, 1.165) is 36.6 Å². The first-order chi connectivity index (χ1) is 14.0. The van der Waals surface area contributed by atoms with Crippen LogP contribution in [0.2, 0.25) is 0 Å². The fraction of sp³-hybridized carbons (Fsp3) is 0.364. The number of ether oxygens (including phenoxy) is 2. The first-order valence-electron chi connectivity index (χ1n) is 9.71. The van der Waals surface area contributed by atoms with Gasteiger partial charge in [-0.25, -0.2) is 4.99 Å². The number of aliphatic imine (C=N–C) groups is 1. The van der Waals surface area contributed by atoms with Crippen LogP contribution in [0.5, 0.6) is 5.75 Å². The van der Waals surface area contributed by atoms with E-state index in [2.05, 4.69) is 15.6 Å². The van der Waals surface area contributed by atoms with Crippen molar-refractivity contribution < 1.29 is 14.3 Å². The third-order valence-electron chi connectivity index (χ3n) is 4.69. The van der Waals surface area contributed by atoms with Gasteiger partial charge in [-0.05, 0) is 55.3 Å². The zero-order chi connectivity index (χ0) is 20.6. The number of rotatable bonds is 6. The molecule has 1 aliphatic rings. The molecule has 7 heteroatoms. The summed E-state index contributed by atoms with van der Waals surface area (Å²) in [5, 5.41) is 6.08. The smallest absolute Gasteiger partial charge is 0.258 e. The standard InChI is InChI=1S/C22H28N4O3/c1-26(2)18-7-4-6-16(14-18)21(27)25-22(23-15-20-8-5-13-29-20)24-17-9-11-19(28-3)12-10-17/h4,6-7,9-12,14,20H,5,8,13,15H2,1-3H3,(H2,23,24,25,27)/t20-/m0/s1. The molecule has 1 heterocycles. The molecule has 154 valence electrons. The van der Waals surface area contributed by atoms with Crippen LogP contribution >= 0.6 is 0 Å². The first kappa shape index (κ1) is 20.7. The minimum absolute atomic E-state index is 0.0941. The van der Waals surface area contributed by atoms with Crippen LogP contribution < -0.4 is 20.3 Å². The summed E-state index contributed by atoms with van der Waals surface area (Å²) in [6.45, 7) is 1.27. The summed E-state index contributed by atoms with van der Waals surface area (Å²) in [4.78, 5) is 19.3. The second-order valence-corrected chi connectivity index (χ2v) is 7.08. The van der Waals surface area contributed by atoms with Crippen LogP contribution in [-0.4, -0.2) is 52.3 Å². The van der Waals surface area contributed by atoms with Gasteiger partial charge in [0.25, 0.3) is 5.91 Å². The summed E-state index contributed by atoms with van der Waals surface area (Å²) < 4.78 is 10.8. The molecule has 2 aromatic carbocycles. The molecule has 1 amide bonds. The number of nitrogens with zero attached hydrogens (tertiary/aromatic N) is 2.